The molecular weight excluding hydrogens is 152 g/mol. The zero-order chi connectivity index (χ0) is 8.81. The van der Waals surface area contributed by atoms with E-state index in [4.69, 9.17) is 0 Å². The SMILES string of the molecule is Cc1cn[nH]c1C.c1c[nH]cn1. The fourth-order valence-electron chi connectivity index (χ4n) is 0.626. The van der Waals surface area contributed by atoms with E-state index in [2.05, 4.69) is 20.2 Å². The van der Waals surface area contributed by atoms with Crippen molar-refractivity contribution in [1.82, 2.24) is 20.2 Å². The number of rotatable bonds is 0. The van der Waals surface area contributed by atoms with Gasteiger partial charge in [-0.3, -0.25) is 5.10 Å². The molecule has 0 amide bonds. The van der Waals surface area contributed by atoms with Gasteiger partial charge >= 0.3 is 0 Å². The third-order valence-corrected chi connectivity index (χ3v) is 1.49. The molecule has 0 aliphatic heterocycles. The standard InChI is InChI=1S/C5H8N2.C3H4N2/c1-4-3-6-7-5(4)2;1-2-5-3-4-1/h3H,1-2H3,(H,6,7);1-3H,(H,4,5). The zero-order valence-electron chi connectivity index (χ0n) is 7.20. The van der Waals surface area contributed by atoms with Crippen LogP contribution in [0.15, 0.2) is 24.9 Å². The molecule has 4 nitrogen and oxygen atoms in total. The van der Waals surface area contributed by atoms with Gasteiger partial charge in [-0.25, -0.2) is 4.98 Å². The third-order valence-electron chi connectivity index (χ3n) is 1.49. The second-order valence-corrected chi connectivity index (χ2v) is 2.44. The van der Waals surface area contributed by atoms with Gasteiger partial charge in [0.1, 0.15) is 0 Å². The average Bonchev–Trinajstić information content (AvgIpc) is 2.67. The molecule has 12 heavy (non-hydrogen) atoms. The Labute approximate surface area is 71.1 Å². The van der Waals surface area contributed by atoms with E-state index < -0.39 is 0 Å². The second kappa shape index (κ2) is 4.33. The molecule has 0 aliphatic carbocycles. The van der Waals surface area contributed by atoms with Crippen molar-refractivity contribution in [3.8, 4) is 0 Å². The van der Waals surface area contributed by atoms with Crippen molar-refractivity contribution in [1.29, 1.82) is 0 Å². The van der Waals surface area contributed by atoms with Crippen LogP contribution >= 0.6 is 0 Å². The molecule has 0 saturated carbocycles. The Balaban J connectivity index is 0.000000127. The molecule has 0 aromatic carbocycles. The van der Waals surface area contributed by atoms with E-state index in [9.17, 15) is 0 Å². The highest BCUT2D eigenvalue weighted by Gasteiger charge is 1.87. The summed E-state index contributed by atoms with van der Waals surface area (Å²) in [7, 11) is 0. The Morgan fingerprint density at radius 3 is 2.33 bits per heavy atom. The molecule has 0 aliphatic rings. The van der Waals surface area contributed by atoms with Crippen molar-refractivity contribution in [2.75, 3.05) is 0 Å². The molecule has 0 bridgehead atoms. The molecule has 2 N–H and O–H groups in total. The number of nitrogens with one attached hydrogen (secondary N) is 2. The second-order valence-electron chi connectivity index (χ2n) is 2.44. The molecule has 0 spiro atoms. The van der Waals surface area contributed by atoms with Crippen LogP contribution in [-0.4, -0.2) is 20.2 Å². The predicted molar refractivity (Wildman–Crippen MR) is 46.6 cm³/mol. The smallest absolute Gasteiger partial charge is 0.0919 e. The van der Waals surface area contributed by atoms with Crippen LogP contribution in [0.4, 0.5) is 0 Å². The minimum atomic E-state index is 1.15. The molecule has 0 atom stereocenters. The topological polar surface area (TPSA) is 57.4 Å². The highest BCUT2D eigenvalue weighted by atomic mass is 15.1. The van der Waals surface area contributed by atoms with Crippen LogP contribution in [0.25, 0.3) is 0 Å². The number of aromatic amines is 2. The minimum Gasteiger partial charge on any atom is -0.351 e. The van der Waals surface area contributed by atoms with Crippen LogP contribution < -0.4 is 0 Å². The lowest BCUT2D eigenvalue weighted by Gasteiger charge is -1.78. The van der Waals surface area contributed by atoms with E-state index in [1.165, 1.54) is 5.56 Å². The van der Waals surface area contributed by atoms with E-state index >= 15 is 0 Å². The van der Waals surface area contributed by atoms with Crippen molar-refractivity contribution >= 4 is 0 Å². The summed E-state index contributed by atoms with van der Waals surface area (Å²) in [6, 6.07) is 0. The molecule has 2 heterocycles. The monoisotopic (exact) mass is 164 g/mol. The molecule has 0 saturated heterocycles. The van der Waals surface area contributed by atoms with Gasteiger partial charge in [-0.2, -0.15) is 5.10 Å². The number of aromatic nitrogens is 4. The molecule has 0 fully saturated rings. The Hall–Kier alpha value is -1.58. The summed E-state index contributed by atoms with van der Waals surface area (Å²) in [5.74, 6) is 0. The van der Waals surface area contributed by atoms with Crippen LogP contribution in [0.3, 0.4) is 0 Å². The summed E-state index contributed by atoms with van der Waals surface area (Å²) >= 11 is 0. The third kappa shape index (κ3) is 2.57. The first-order chi connectivity index (χ1) is 5.80. The highest BCUT2D eigenvalue weighted by Crippen LogP contribution is 1.96. The van der Waals surface area contributed by atoms with Gasteiger partial charge in [0.05, 0.1) is 12.5 Å². The zero-order valence-corrected chi connectivity index (χ0v) is 7.20. The lowest BCUT2D eigenvalue weighted by Crippen LogP contribution is -1.70. The number of H-pyrrole nitrogens is 2. The van der Waals surface area contributed by atoms with Gasteiger partial charge in [-0.1, -0.05) is 0 Å². The van der Waals surface area contributed by atoms with Gasteiger partial charge in [-0.05, 0) is 19.4 Å². The molecule has 0 unspecified atom stereocenters. The van der Waals surface area contributed by atoms with Crippen LogP contribution in [-0.2, 0) is 0 Å². The lowest BCUT2D eigenvalue weighted by molar-refractivity contribution is 1.04. The minimum absolute atomic E-state index is 1.15. The predicted octanol–water partition coefficient (Wildman–Crippen LogP) is 1.44. The van der Waals surface area contributed by atoms with Crippen molar-refractivity contribution in [3.05, 3.63) is 36.2 Å². The number of nitrogens with zero attached hydrogens (tertiary/aromatic N) is 2. The van der Waals surface area contributed by atoms with Crippen molar-refractivity contribution in [3.63, 3.8) is 0 Å². The molecule has 2 rings (SSSR count). The van der Waals surface area contributed by atoms with E-state index in [-0.39, 0.29) is 0 Å². The maximum atomic E-state index is 3.80. The molecule has 2 aromatic heterocycles. The molecule has 4 heteroatoms. The van der Waals surface area contributed by atoms with Crippen LogP contribution in [0.5, 0.6) is 0 Å². The summed E-state index contributed by atoms with van der Waals surface area (Å²) in [4.78, 5) is 6.42. The molecule has 0 radical (unpaired) electrons. The summed E-state index contributed by atoms with van der Waals surface area (Å²) in [5, 5.41) is 6.61. The Morgan fingerprint density at radius 2 is 2.17 bits per heavy atom. The number of hydrogen-bond donors (Lipinski definition) is 2. The fraction of sp³-hybridized carbons (Fsp3) is 0.250. The summed E-state index contributed by atoms with van der Waals surface area (Å²) in [6.07, 6.45) is 6.90. The van der Waals surface area contributed by atoms with E-state index in [0.29, 0.717) is 0 Å². The van der Waals surface area contributed by atoms with Crippen molar-refractivity contribution in [2.45, 2.75) is 13.8 Å². The largest absolute Gasteiger partial charge is 0.351 e. The van der Waals surface area contributed by atoms with Gasteiger partial charge in [0.2, 0.25) is 0 Å². The van der Waals surface area contributed by atoms with Crippen LogP contribution in [0.2, 0.25) is 0 Å². The lowest BCUT2D eigenvalue weighted by atomic mass is 10.3. The first-order valence-electron chi connectivity index (χ1n) is 3.70. The van der Waals surface area contributed by atoms with Gasteiger partial charge in [0.25, 0.3) is 0 Å². The maximum absolute atomic E-state index is 3.80. The number of hydrogen-bond acceptors (Lipinski definition) is 2. The Bertz CT molecular complexity index is 263. The number of aryl methyl sites for hydroxylation is 2. The summed E-state index contributed by atoms with van der Waals surface area (Å²) < 4.78 is 0. The van der Waals surface area contributed by atoms with Crippen LogP contribution in [0, 0.1) is 13.8 Å². The molecule has 64 valence electrons. The van der Waals surface area contributed by atoms with E-state index in [1.54, 1.807) is 18.7 Å². The maximum Gasteiger partial charge on any atom is 0.0919 e. The van der Waals surface area contributed by atoms with Gasteiger partial charge in [0.15, 0.2) is 0 Å². The van der Waals surface area contributed by atoms with Crippen molar-refractivity contribution in [2.24, 2.45) is 0 Å². The summed E-state index contributed by atoms with van der Waals surface area (Å²) in [5.41, 5.74) is 2.38. The highest BCUT2D eigenvalue weighted by molar-refractivity contribution is 5.10. The fourth-order valence-corrected chi connectivity index (χ4v) is 0.626. The van der Waals surface area contributed by atoms with Gasteiger partial charge in [-0.15, -0.1) is 0 Å². The normalized spacial score (nSPS) is 8.83. The first kappa shape index (κ1) is 8.52. The first-order valence-corrected chi connectivity index (χ1v) is 3.70. The summed E-state index contributed by atoms with van der Waals surface area (Å²) in [6.45, 7) is 4.03. The van der Waals surface area contributed by atoms with Gasteiger partial charge in [0, 0.05) is 18.1 Å². The Kier molecular flexibility index (Phi) is 3.07. The van der Waals surface area contributed by atoms with Crippen LogP contribution in [0.1, 0.15) is 11.3 Å². The van der Waals surface area contributed by atoms with E-state index in [1.807, 2.05) is 20.0 Å². The van der Waals surface area contributed by atoms with E-state index in [0.717, 1.165) is 5.69 Å². The van der Waals surface area contributed by atoms with Crippen molar-refractivity contribution < 1.29 is 0 Å². The Morgan fingerprint density at radius 1 is 1.33 bits per heavy atom. The average molecular weight is 164 g/mol. The molecule has 2 aromatic rings. The quantitative estimate of drug-likeness (QED) is 0.619. The molecular formula is C8H12N4. The van der Waals surface area contributed by atoms with Gasteiger partial charge < -0.3 is 4.98 Å². The number of imidazole rings is 1.